The molecule has 3 nitrogen and oxygen atoms in total. The van der Waals surface area contributed by atoms with Crippen LogP contribution in [0.4, 0.5) is 6.01 Å². The molecule has 1 aromatic heterocycles. The van der Waals surface area contributed by atoms with Gasteiger partial charge in [-0.3, -0.25) is 0 Å². The normalized spacial score (nSPS) is 9.25. The minimum atomic E-state index is 0.300. The van der Waals surface area contributed by atoms with Crippen molar-refractivity contribution in [2.75, 3.05) is 12.4 Å². The minimum Gasteiger partial charge on any atom is -0.412 e. The number of halogens is 1. The van der Waals surface area contributed by atoms with E-state index in [9.17, 15) is 0 Å². The molecule has 1 aromatic rings. The molecule has 0 unspecified atom stereocenters. The summed E-state index contributed by atoms with van der Waals surface area (Å²) in [6.45, 7) is 0. The smallest absolute Gasteiger partial charge is 0.295 e. The van der Waals surface area contributed by atoms with E-state index in [0.717, 1.165) is 0 Å². The third kappa shape index (κ3) is 0.924. The minimum absolute atomic E-state index is 0.300. The van der Waals surface area contributed by atoms with Crippen molar-refractivity contribution in [3.8, 4) is 0 Å². The van der Waals surface area contributed by atoms with E-state index >= 15 is 0 Å². The van der Waals surface area contributed by atoms with Crippen LogP contribution in [-0.4, -0.2) is 12.0 Å². The number of nitrogens with one attached hydrogen (secondary N) is 1. The molecule has 0 radical (unpaired) electrons. The molecular weight excluding hydrogens is 128 g/mol. The van der Waals surface area contributed by atoms with Gasteiger partial charge in [-0.2, -0.15) is 0 Å². The molecule has 0 aliphatic heterocycles. The van der Waals surface area contributed by atoms with Gasteiger partial charge in [0, 0.05) is 7.05 Å². The van der Waals surface area contributed by atoms with Gasteiger partial charge in [0.15, 0.2) is 0 Å². The van der Waals surface area contributed by atoms with E-state index < -0.39 is 0 Å². The largest absolute Gasteiger partial charge is 0.412 e. The number of hydrogen-bond acceptors (Lipinski definition) is 3. The van der Waals surface area contributed by atoms with Crippen LogP contribution >= 0.6 is 11.6 Å². The van der Waals surface area contributed by atoms with E-state index in [1.807, 2.05) is 0 Å². The molecule has 0 spiro atoms. The Morgan fingerprint density at radius 1 is 1.88 bits per heavy atom. The summed E-state index contributed by atoms with van der Waals surface area (Å²) < 4.78 is 4.78. The fraction of sp³-hybridized carbons (Fsp3) is 0.250. The first-order valence-electron chi connectivity index (χ1n) is 2.12. The highest BCUT2D eigenvalue weighted by atomic mass is 35.5. The van der Waals surface area contributed by atoms with Crippen LogP contribution in [0.1, 0.15) is 0 Å². The second-order valence-corrected chi connectivity index (χ2v) is 1.59. The molecule has 8 heavy (non-hydrogen) atoms. The quantitative estimate of drug-likeness (QED) is 0.627. The molecule has 0 amide bonds. The van der Waals surface area contributed by atoms with Gasteiger partial charge in [0.05, 0.1) is 6.20 Å². The van der Waals surface area contributed by atoms with Crippen molar-refractivity contribution in [3.63, 3.8) is 0 Å². The predicted molar refractivity (Wildman–Crippen MR) is 31.1 cm³/mol. The zero-order chi connectivity index (χ0) is 5.98. The molecule has 0 aliphatic rings. The van der Waals surface area contributed by atoms with Gasteiger partial charge < -0.3 is 9.73 Å². The van der Waals surface area contributed by atoms with Crippen molar-refractivity contribution in [3.05, 3.63) is 11.4 Å². The topological polar surface area (TPSA) is 38.1 Å². The lowest BCUT2D eigenvalue weighted by atomic mass is 11.0. The maximum absolute atomic E-state index is 5.37. The zero-order valence-corrected chi connectivity index (χ0v) is 5.07. The number of hydrogen-bond donors (Lipinski definition) is 1. The Morgan fingerprint density at radius 3 is 2.88 bits per heavy atom. The van der Waals surface area contributed by atoms with Crippen LogP contribution in [0.25, 0.3) is 0 Å². The second kappa shape index (κ2) is 2.05. The standard InChI is InChI=1S/C4H5ClN2O/c1-6-4-7-2-3(5)8-4/h2H,1H3,(H,6,7). The molecule has 0 saturated heterocycles. The third-order valence-corrected chi connectivity index (χ3v) is 0.866. The number of anilines is 1. The molecule has 0 aromatic carbocycles. The first-order valence-corrected chi connectivity index (χ1v) is 2.50. The summed E-state index contributed by atoms with van der Waals surface area (Å²) in [4.78, 5) is 3.72. The highest BCUT2D eigenvalue weighted by Crippen LogP contribution is 2.11. The zero-order valence-electron chi connectivity index (χ0n) is 4.31. The molecule has 0 aliphatic carbocycles. The lowest BCUT2D eigenvalue weighted by molar-refractivity contribution is 0.577. The maximum atomic E-state index is 5.37. The summed E-state index contributed by atoms with van der Waals surface area (Å²) in [6.07, 6.45) is 1.44. The summed E-state index contributed by atoms with van der Waals surface area (Å²) >= 11 is 5.37. The monoisotopic (exact) mass is 132 g/mol. The van der Waals surface area contributed by atoms with Gasteiger partial charge in [0.25, 0.3) is 6.01 Å². The lowest BCUT2D eigenvalue weighted by Crippen LogP contribution is -1.84. The molecule has 44 valence electrons. The Labute approximate surface area is 51.7 Å². The van der Waals surface area contributed by atoms with Crippen LogP contribution in [0.5, 0.6) is 0 Å². The number of oxazole rings is 1. The van der Waals surface area contributed by atoms with Crippen LogP contribution in [0.3, 0.4) is 0 Å². The van der Waals surface area contributed by atoms with E-state index in [4.69, 9.17) is 16.0 Å². The molecule has 0 atom stereocenters. The molecule has 1 N–H and O–H groups in total. The second-order valence-electron chi connectivity index (χ2n) is 1.22. The highest BCUT2D eigenvalue weighted by Gasteiger charge is 1.94. The lowest BCUT2D eigenvalue weighted by Gasteiger charge is -1.84. The Hall–Kier alpha value is -0.700. The van der Waals surface area contributed by atoms with Gasteiger partial charge in [0.1, 0.15) is 0 Å². The number of nitrogens with zero attached hydrogens (tertiary/aromatic N) is 1. The number of rotatable bonds is 1. The fourth-order valence-electron chi connectivity index (χ4n) is 0.370. The van der Waals surface area contributed by atoms with Crippen LogP contribution in [0, 0.1) is 0 Å². The predicted octanol–water partition coefficient (Wildman–Crippen LogP) is 1.37. The van der Waals surface area contributed by atoms with Crippen molar-refractivity contribution in [1.29, 1.82) is 0 Å². The van der Waals surface area contributed by atoms with Gasteiger partial charge >= 0.3 is 0 Å². The summed E-state index contributed by atoms with van der Waals surface area (Å²) in [6, 6.07) is 0.440. The summed E-state index contributed by atoms with van der Waals surface area (Å²) in [5.41, 5.74) is 0. The Bertz CT molecular complexity index is 174. The molecule has 0 fully saturated rings. The van der Waals surface area contributed by atoms with Crippen molar-refractivity contribution >= 4 is 17.6 Å². The molecule has 1 rings (SSSR count). The van der Waals surface area contributed by atoms with Gasteiger partial charge in [-0.1, -0.05) is 0 Å². The van der Waals surface area contributed by atoms with E-state index in [-0.39, 0.29) is 0 Å². The van der Waals surface area contributed by atoms with E-state index in [2.05, 4.69) is 10.3 Å². The first-order chi connectivity index (χ1) is 3.83. The molecule has 0 saturated carbocycles. The van der Waals surface area contributed by atoms with Crippen LogP contribution < -0.4 is 5.32 Å². The summed E-state index contributed by atoms with van der Waals surface area (Å²) in [5, 5.41) is 2.99. The molecule has 0 bridgehead atoms. The average Bonchev–Trinajstić information content (AvgIpc) is 2.14. The van der Waals surface area contributed by atoms with Crippen molar-refractivity contribution in [2.24, 2.45) is 0 Å². The summed E-state index contributed by atoms with van der Waals surface area (Å²) in [5.74, 6) is 0. The number of aromatic nitrogens is 1. The van der Waals surface area contributed by atoms with Crippen molar-refractivity contribution in [2.45, 2.75) is 0 Å². The van der Waals surface area contributed by atoms with Gasteiger partial charge in [0.2, 0.25) is 5.22 Å². The fourth-order valence-corrected chi connectivity index (χ4v) is 0.492. The van der Waals surface area contributed by atoms with Crippen LogP contribution in [0.15, 0.2) is 10.6 Å². The average molecular weight is 133 g/mol. The third-order valence-electron chi connectivity index (χ3n) is 0.691. The van der Waals surface area contributed by atoms with Gasteiger partial charge in [-0.25, -0.2) is 4.98 Å². The molecular formula is C4H5ClN2O. The SMILES string of the molecule is CNc1ncc(Cl)o1. The Balaban J connectivity index is 2.84. The Morgan fingerprint density at radius 2 is 2.62 bits per heavy atom. The first kappa shape index (κ1) is 5.44. The molecule has 1 heterocycles. The van der Waals surface area contributed by atoms with Crippen LogP contribution in [0.2, 0.25) is 5.22 Å². The molecule has 4 heteroatoms. The maximum Gasteiger partial charge on any atom is 0.295 e. The van der Waals surface area contributed by atoms with Gasteiger partial charge in [-0.05, 0) is 11.6 Å². The summed E-state index contributed by atoms with van der Waals surface area (Å²) in [7, 11) is 1.71. The van der Waals surface area contributed by atoms with Crippen molar-refractivity contribution in [1.82, 2.24) is 4.98 Å². The highest BCUT2D eigenvalue weighted by molar-refractivity contribution is 6.28. The van der Waals surface area contributed by atoms with E-state index in [0.29, 0.717) is 11.2 Å². The van der Waals surface area contributed by atoms with E-state index in [1.165, 1.54) is 6.20 Å². The van der Waals surface area contributed by atoms with Gasteiger partial charge in [-0.15, -0.1) is 0 Å². The van der Waals surface area contributed by atoms with E-state index in [1.54, 1.807) is 7.05 Å². The van der Waals surface area contributed by atoms with Crippen molar-refractivity contribution < 1.29 is 4.42 Å². The Kier molecular flexibility index (Phi) is 1.39. The van der Waals surface area contributed by atoms with Crippen LogP contribution in [-0.2, 0) is 0 Å².